The largest absolute Gasteiger partial charge is 0.502 e. The van der Waals surface area contributed by atoms with E-state index < -0.39 is 102 Å². The van der Waals surface area contributed by atoms with Crippen LogP contribution >= 0.6 is 34.6 Å². The summed E-state index contributed by atoms with van der Waals surface area (Å²) in [6.07, 6.45) is 3.86. The lowest BCUT2D eigenvalue weighted by Gasteiger charge is -2.18. The molecule has 0 amide bonds. The van der Waals surface area contributed by atoms with Gasteiger partial charge in [0.05, 0.1) is 60.3 Å². The minimum Gasteiger partial charge on any atom is -0.502 e. The summed E-state index contributed by atoms with van der Waals surface area (Å²) in [7, 11) is -11.2. The SMILES string of the molecule is Nc1ncnc2c1nc(NCCCCCCNC(=S)Nc1ccc(-c3cc(-c4cccc(CN(CC(=O)O)CC(=O)O)n4)nc(-c4cccc(CN(CC(=O)O)CC(=O)O)n4)c3)cc1)n2-c1oc(COP(=O)(O)OP(=O)(O)OP(O)(O)=S)c(O)c1O. The van der Waals surface area contributed by atoms with E-state index in [2.05, 4.69) is 55.9 Å². The third kappa shape index (κ3) is 19.3. The summed E-state index contributed by atoms with van der Waals surface area (Å²) in [6, 6.07) is 20.8. The molecule has 0 bridgehead atoms. The van der Waals surface area contributed by atoms with Crippen LogP contribution in [0.5, 0.6) is 11.5 Å². The number of phosphoric acid groups is 2. The number of carboxylic acids is 4. The number of rotatable bonds is 32. The average molecular weight is 1290 g/mol. The van der Waals surface area contributed by atoms with Crippen LogP contribution < -0.4 is 21.7 Å². The first-order valence-electron chi connectivity index (χ1n) is 25.1. The summed E-state index contributed by atoms with van der Waals surface area (Å²) in [4.78, 5) is 113. The Morgan fingerprint density at radius 1 is 0.663 bits per heavy atom. The van der Waals surface area contributed by atoms with Crippen molar-refractivity contribution in [3.05, 3.63) is 96.3 Å². The molecule has 0 aliphatic carbocycles. The number of benzene rings is 1. The number of phosphoric ester groups is 1. The predicted octanol–water partition coefficient (Wildman–Crippen LogP) is 4.45. The van der Waals surface area contributed by atoms with E-state index in [0.717, 1.165) is 22.9 Å². The van der Waals surface area contributed by atoms with Gasteiger partial charge in [-0.1, -0.05) is 37.1 Å². The normalized spacial score (nSPS) is 13.1. The molecule has 15 N–H and O–H groups in total. The fraction of sp³-hybridized carbons (Fsp3) is 0.271. The summed E-state index contributed by atoms with van der Waals surface area (Å²) in [5, 5.41) is 69.0. The van der Waals surface area contributed by atoms with Crippen molar-refractivity contribution in [2.75, 3.05) is 55.6 Å². The summed E-state index contributed by atoms with van der Waals surface area (Å²) in [5.41, 5.74) is 10.4. The fourth-order valence-corrected chi connectivity index (χ4v) is 12.2. The van der Waals surface area contributed by atoms with Crippen LogP contribution in [0.1, 0.15) is 42.8 Å². The zero-order chi connectivity index (χ0) is 62.5. The van der Waals surface area contributed by atoms with Crippen molar-refractivity contribution in [3.63, 3.8) is 0 Å². The Bertz CT molecular complexity index is 3670. The van der Waals surface area contributed by atoms with Crippen molar-refractivity contribution >= 4 is 104 Å². The third-order valence-corrected chi connectivity index (χ3v) is 16.3. The van der Waals surface area contributed by atoms with Crippen LogP contribution in [0, 0.1) is 0 Å². The highest BCUT2D eigenvalue weighted by atomic mass is 32.5. The Morgan fingerprint density at radius 3 is 1.74 bits per heavy atom. The Morgan fingerprint density at radius 2 is 1.21 bits per heavy atom. The van der Waals surface area contributed by atoms with Crippen LogP contribution in [0.4, 0.5) is 17.5 Å². The molecule has 1 aromatic carbocycles. The molecule has 0 saturated heterocycles. The third-order valence-electron chi connectivity index (χ3n) is 11.7. The Hall–Kier alpha value is -7.98. The molecule has 7 aromatic rings. The first-order chi connectivity index (χ1) is 40.6. The number of thiocarbonyl (C=S) groups is 1. The number of carbonyl (C=O) groups is 4. The molecule has 0 saturated carbocycles. The molecule has 0 aliphatic rings. The number of hydrogen-bond donors (Lipinski definition) is 14. The molecule has 38 heteroatoms. The minimum atomic E-state index is -5.66. The molecule has 0 fully saturated rings. The van der Waals surface area contributed by atoms with Gasteiger partial charge in [-0.2, -0.15) is 4.31 Å². The molecule has 33 nitrogen and oxygen atoms in total. The van der Waals surface area contributed by atoms with Gasteiger partial charge in [0.25, 0.3) is 5.88 Å². The summed E-state index contributed by atoms with van der Waals surface area (Å²) >= 11 is 9.65. The maximum absolute atomic E-state index is 12.4. The van der Waals surface area contributed by atoms with Gasteiger partial charge < -0.3 is 76.3 Å². The molecule has 0 aliphatic heterocycles. The molecule has 6 aromatic heterocycles. The molecule has 2 atom stereocenters. The van der Waals surface area contributed by atoms with Crippen molar-refractivity contribution in [3.8, 4) is 51.3 Å². The first-order valence-corrected chi connectivity index (χ1v) is 31.1. The number of furan rings is 1. The van der Waals surface area contributed by atoms with Gasteiger partial charge in [0, 0.05) is 31.9 Å². The lowest BCUT2D eigenvalue weighted by molar-refractivity contribution is -0.144. The number of aromatic nitrogens is 7. The van der Waals surface area contributed by atoms with Crippen LogP contribution in [0.25, 0.3) is 51.0 Å². The van der Waals surface area contributed by atoms with Crippen LogP contribution in [-0.4, -0.2) is 163 Å². The van der Waals surface area contributed by atoms with Crippen LogP contribution in [0.15, 0.2) is 83.5 Å². The number of unbranched alkanes of at least 4 members (excludes halogenated alkanes) is 3. The zero-order valence-electron chi connectivity index (χ0n) is 44.5. The summed E-state index contributed by atoms with van der Waals surface area (Å²) < 4.78 is 43.4. The average Bonchev–Trinajstić information content (AvgIpc) is 2.00. The van der Waals surface area contributed by atoms with Crippen molar-refractivity contribution in [2.24, 2.45) is 0 Å². The van der Waals surface area contributed by atoms with E-state index in [0.29, 0.717) is 82.9 Å². The van der Waals surface area contributed by atoms with Gasteiger partial charge in [0.1, 0.15) is 12.9 Å². The minimum absolute atomic E-state index is 0.000784. The highest BCUT2D eigenvalue weighted by molar-refractivity contribution is 8.08. The van der Waals surface area contributed by atoms with Crippen molar-refractivity contribution in [2.45, 2.75) is 45.4 Å². The maximum atomic E-state index is 12.4. The smallest absolute Gasteiger partial charge is 0.488 e. The number of nitrogens with zero attached hydrogens (tertiary/aromatic N) is 9. The lowest BCUT2D eigenvalue weighted by Crippen LogP contribution is -2.34. The van der Waals surface area contributed by atoms with Crippen molar-refractivity contribution in [1.82, 2.24) is 49.6 Å². The second-order valence-corrected chi connectivity index (χ2v) is 24.7. The van der Waals surface area contributed by atoms with Crippen LogP contribution in [0.2, 0.25) is 0 Å². The van der Waals surface area contributed by atoms with Crippen LogP contribution in [0.3, 0.4) is 0 Å². The quantitative estimate of drug-likeness (QED) is 0.0157. The Kier molecular flexibility index (Phi) is 22.1. The summed E-state index contributed by atoms with van der Waals surface area (Å²) in [6.45, 7) is -7.57. The van der Waals surface area contributed by atoms with Crippen molar-refractivity contribution < 1.29 is 96.1 Å². The van der Waals surface area contributed by atoms with E-state index in [4.69, 9.17) is 47.1 Å². The van der Waals surface area contributed by atoms with Gasteiger partial charge in [-0.15, -0.1) is 0 Å². The van der Waals surface area contributed by atoms with E-state index in [9.17, 15) is 68.7 Å². The number of anilines is 3. The Labute approximate surface area is 496 Å². The molecule has 458 valence electrons. The van der Waals surface area contributed by atoms with E-state index in [1.165, 1.54) is 9.80 Å². The number of fused-ring (bicyclic) bond motifs is 1. The highest BCUT2D eigenvalue weighted by Gasteiger charge is 2.40. The number of pyridine rings is 3. The van der Waals surface area contributed by atoms with Gasteiger partial charge >= 0.3 is 46.2 Å². The van der Waals surface area contributed by atoms with E-state index in [-0.39, 0.29) is 36.0 Å². The second-order valence-electron chi connectivity index (χ2n) is 18.4. The van der Waals surface area contributed by atoms with Gasteiger partial charge in [-0.05, 0) is 96.5 Å². The number of imidazole rings is 1. The van der Waals surface area contributed by atoms with E-state index in [1.807, 2.05) is 12.1 Å². The fourth-order valence-electron chi connectivity index (χ4n) is 8.23. The number of nitrogen functional groups attached to an aromatic ring is 1. The standard InChI is InChI=1S/C48H54N13O20P3S2/c49-44-41-45(53-26-52-44)61(46-43(71)42(70)36(79-46)25-78-82(72,73)80-83(74,75)81-84(76,77)86)47(58-41)50-15-3-1-2-4-16-51-48(85)56-29-13-11-27(12-14-29)28-17-34(32-9-5-7-30(54-32)19-59(21-37(62)63)22-38(64)65)57-35(18-28)33-10-6-8-31(55-33)20-60(23-39(66)67)24-40(68)69/h5-14,17-18,26,70-71H,1-4,15-16,19-25H2,(H,50,58)(H,62,63)(H,64,65)(H,66,67)(H,68,69)(H,72,73)(H,74,75)(H2,49,52,53)(H2,51,56,85)(H2,76,77,86). The number of nitrogens with one attached hydrogen (secondary N) is 3. The van der Waals surface area contributed by atoms with Crippen molar-refractivity contribution in [1.29, 1.82) is 0 Å². The molecular weight excluding hydrogens is 1240 g/mol. The van der Waals surface area contributed by atoms with E-state index in [1.54, 1.807) is 60.7 Å². The molecule has 7 rings (SSSR count). The molecule has 6 heterocycles. The number of hydrogen-bond acceptors (Lipinski definition) is 24. The molecule has 86 heavy (non-hydrogen) atoms. The van der Waals surface area contributed by atoms with Gasteiger partial charge in [-0.25, -0.2) is 47.9 Å². The first kappa shape index (κ1) is 65.6. The zero-order valence-corrected chi connectivity index (χ0v) is 48.8. The molecule has 0 radical (unpaired) electrons. The Balaban J connectivity index is 0.968. The van der Waals surface area contributed by atoms with E-state index >= 15 is 0 Å². The number of nitrogens with two attached hydrogens (primary N) is 1. The topological polar surface area (TPSA) is 496 Å². The summed E-state index contributed by atoms with van der Waals surface area (Å²) in [5.74, 6) is -8.02. The highest BCUT2D eigenvalue weighted by Crippen LogP contribution is 2.66. The monoisotopic (exact) mass is 1290 g/mol. The maximum Gasteiger partial charge on any atom is 0.488 e. The lowest BCUT2D eigenvalue weighted by atomic mass is 10.0. The number of aliphatic carboxylic acids is 4. The van der Waals surface area contributed by atoms with Gasteiger partial charge in [-0.3, -0.25) is 33.5 Å². The second kappa shape index (κ2) is 28.9. The number of aromatic hydroxyl groups is 2. The molecule has 2 unspecified atom stereocenters. The predicted molar refractivity (Wildman–Crippen MR) is 310 cm³/mol. The molecular formula is C48H54N13O20P3S2. The molecule has 0 spiro atoms. The van der Waals surface area contributed by atoms with Crippen LogP contribution in [-0.2, 0) is 73.0 Å². The van der Waals surface area contributed by atoms with Gasteiger partial charge in [0.2, 0.25) is 17.4 Å². The van der Waals surface area contributed by atoms with Gasteiger partial charge in [0.15, 0.2) is 27.9 Å². The number of carboxylic acid groups (broad SMARTS) is 4.